The lowest BCUT2D eigenvalue weighted by atomic mass is 9.43. The van der Waals surface area contributed by atoms with E-state index in [-0.39, 0.29) is 0 Å². The second-order valence-corrected chi connectivity index (χ2v) is 9.71. The van der Waals surface area contributed by atoms with Gasteiger partial charge >= 0.3 is 0 Å². The quantitative estimate of drug-likeness (QED) is 0.808. The summed E-state index contributed by atoms with van der Waals surface area (Å²) in [7, 11) is 2.19. The lowest BCUT2D eigenvalue weighted by Crippen LogP contribution is -2.54. The second-order valence-electron chi connectivity index (χ2n) is 8.51. The maximum atomic E-state index is 3.74. The fourth-order valence-corrected chi connectivity index (χ4v) is 7.83. The lowest BCUT2D eigenvalue weighted by molar-refractivity contribution is -0.117. The Morgan fingerprint density at radius 2 is 1.95 bits per heavy atom. The van der Waals surface area contributed by atoms with Crippen LogP contribution in [0.4, 0.5) is 0 Å². The first kappa shape index (κ1) is 14.3. The summed E-state index contributed by atoms with van der Waals surface area (Å²) in [5.41, 5.74) is 1.19. The van der Waals surface area contributed by atoms with Crippen molar-refractivity contribution in [1.29, 1.82) is 0 Å². The van der Waals surface area contributed by atoms with E-state index in [4.69, 9.17) is 0 Å². The molecule has 1 heterocycles. The van der Waals surface area contributed by atoms with Crippen molar-refractivity contribution in [2.75, 3.05) is 7.05 Å². The minimum absolute atomic E-state index is 0.545. The van der Waals surface area contributed by atoms with Gasteiger partial charge in [0.1, 0.15) is 0 Å². The van der Waals surface area contributed by atoms with Gasteiger partial charge in [0.25, 0.3) is 0 Å². The predicted molar refractivity (Wildman–Crippen MR) is 90.7 cm³/mol. The second kappa shape index (κ2) is 4.83. The molecule has 0 spiro atoms. The van der Waals surface area contributed by atoms with E-state index in [0.29, 0.717) is 16.9 Å². The molecule has 5 rings (SSSR count). The molecule has 1 nitrogen and oxygen atoms in total. The van der Waals surface area contributed by atoms with Gasteiger partial charge in [0.2, 0.25) is 0 Å². The molecule has 3 atom stereocenters. The van der Waals surface area contributed by atoms with Crippen LogP contribution in [0.3, 0.4) is 0 Å². The first-order chi connectivity index (χ1) is 10.1. The minimum atomic E-state index is 0.545. The van der Waals surface area contributed by atoms with Crippen molar-refractivity contribution in [3.05, 3.63) is 21.9 Å². The number of hydrogen-bond acceptors (Lipinski definition) is 2. The van der Waals surface area contributed by atoms with E-state index >= 15 is 0 Å². The molecule has 4 aliphatic carbocycles. The average Bonchev–Trinajstić information content (AvgIpc) is 2.84. The van der Waals surface area contributed by atoms with Gasteiger partial charge in [-0.3, -0.25) is 0 Å². The van der Waals surface area contributed by atoms with Gasteiger partial charge in [0.15, 0.2) is 0 Å². The number of rotatable bonds is 4. The standard InChI is InChI=1S/C19H29NS/c1-4-15-5-6-16(21-15)17(20-3)19-10-13-7-14(11-19)9-18(2,8-13)12-19/h5-6,13-14,17,20H,4,7-12H2,1-3H3. The highest BCUT2D eigenvalue weighted by Gasteiger charge is 2.58. The topological polar surface area (TPSA) is 12.0 Å². The molecule has 4 aliphatic rings. The van der Waals surface area contributed by atoms with E-state index in [2.05, 4.69) is 49.7 Å². The highest BCUT2D eigenvalue weighted by molar-refractivity contribution is 7.12. The fraction of sp³-hybridized carbons (Fsp3) is 0.789. The summed E-state index contributed by atoms with van der Waals surface area (Å²) >= 11 is 2.05. The molecule has 3 unspecified atom stereocenters. The van der Waals surface area contributed by atoms with Crippen molar-refractivity contribution in [3.8, 4) is 0 Å². The molecular weight excluding hydrogens is 274 g/mol. The average molecular weight is 304 g/mol. The summed E-state index contributed by atoms with van der Waals surface area (Å²) in [6.45, 7) is 4.85. The zero-order valence-corrected chi connectivity index (χ0v) is 14.6. The first-order valence-corrected chi connectivity index (χ1v) is 9.63. The Morgan fingerprint density at radius 1 is 1.24 bits per heavy atom. The monoisotopic (exact) mass is 303 g/mol. The van der Waals surface area contributed by atoms with Crippen LogP contribution in [0.1, 0.15) is 68.2 Å². The van der Waals surface area contributed by atoms with Gasteiger partial charge in [-0.2, -0.15) is 0 Å². The molecule has 0 aromatic carbocycles. The van der Waals surface area contributed by atoms with Crippen molar-refractivity contribution in [3.63, 3.8) is 0 Å². The maximum absolute atomic E-state index is 3.74. The Bertz CT molecular complexity index is 517. The molecule has 1 N–H and O–H groups in total. The Hall–Kier alpha value is -0.340. The van der Waals surface area contributed by atoms with Crippen LogP contribution in [-0.2, 0) is 6.42 Å². The van der Waals surface area contributed by atoms with Gasteiger partial charge in [-0.25, -0.2) is 0 Å². The van der Waals surface area contributed by atoms with E-state index in [1.54, 1.807) is 9.75 Å². The smallest absolute Gasteiger partial charge is 0.0470 e. The van der Waals surface area contributed by atoms with Crippen molar-refractivity contribution in [1.82, 2.24) is 5.32 Å². The Kier molecular flexibility index (Phi) is 3.28. The summed E-state index contributed by atoms with van der Waals surface area (Å²) in [6.07, 6.45) is 10.1. The van der Waals surface area contributed by atoms with Crippen molar-refractivity contribution >= 4 is 11.3 Å². The van der Waals surface area contributed by atoms with Crippen LogP contribution < -0.4 is 5.32 Å². The van der Waals surface area contributed by atoms with Crippen molar-refractivity contribution in [2.24, 2.45) is 22.7 Å². The van der Waals surface area contributed by atoms with Gasteiger partial charge in [0.05, 0.1) is 0 Å². The zero-order chi connectivity index (χ0) is 14.7. The molecule has 21 heavy (non-hydrogen) atoms. The third kappa shape index (κ3) is 2.21. The van der Waals surface area contributed by atoms with Crippen LogP contribution in [0.5, 0.6) is 0 Å². The molecule has 4 saturated carbocycles. The van der Waals surface area contributed by atoms with E-state index in [1.165, 1.54) is 44.9 Å². The number of hydrogen-bond donors (Lipinski definition) is 1. The van der Waals surface area contributed by atoms with Crippen LogP contribution in [0.25, 0.3) is 0 Å². The molecule has 1 aromatic rings. The molecular formula is C19H29NS. The highest BCUT2D eigenvalue weighted by atomic mass is 32.1. The summed E-state index contributed by atoms with van der Waals surface area (Å²) < 4.78 is 0. The molecule has 0 radical (unpaired) electrons. The van der Waals surface area contributed by atoms with Crippen molar-refractivity contribution in [2.45, 2.75) is 64.8 Å². The summed E-state index contributed by atoms with van der Waals surface area (Å²) in [5, 5.41) is 3.74. The normalized spacial score (nSPS) is 42.4. The van der Waals surface area contributed by atoms with E-state index < -0.39 is 0 Å². The van der Waals surface area contributed by atoms with E-state index in [1.807, 2.05) is 0 Å². The van der Waals surface area contributed by atoms with Crippen LogP contribution >= 0.6 is 11.3 Å². The Morgan fingerprint density at radius 3 is 2.48 bits per heavy atom. The van der Waals surface area contributed by atoms with Gasteiger partial charge in [-0.1, -0.05) is 13.8 Å². The minimum Gasteiger partial charge on any atom is -0.312 e. The first-order valence-electron chi connectivity index (χ1n) is 8.82. The zero-order valence-electron chi connectivity index (χ0n) is 13.7. The van der Waals surface area contributed by atoms with E-state index in [0.717, 1.165) is 11.8 Å². The van der Waals surface area contributed by atoms with Crippen LogP contribution in [-0.4, -0.2) is 7.05 Å². The number of nitrogens with one attached hydrogen (secondary N) is 1. The van der Waals surface area contributed by atoms with Crippen LogP contribution in [0.15, 0.2) is 12.1 Å². The highest BCUT2D eigenvalue weighted by Crippen LogP contribution is 2.68. The molecule has 0 saturated heterocycles. The van der Waals surface area contributed by atoms with Crippen LogP contribution in [0, 0.1) is 22.7 Å². The molecule has 4 bridgehead atoms. The van der Waals surface area contributed by atoms with Gasteiger partial charge < -0.3 is 5.32 Å². The summed E-state index contributed by atoms with van der Waals surface area (Å²) in [5.74, 6) is 2.02. The molecule has 0 aliphatic heterocycles. The number of aryl methyl sites for hydroxylation is 1. The van der Waals surface area contributed by atoms with Crippen molar-refractivity contribution < 1.29 is 0 Å². The van der Waals surface area contributed by atoms with Gasteiger partial charge in [0, 0.05) is 15.8 Å². The van der Waals surface area contributed by atoms with Gasteiger partial charge in [-0.05, 0) is 86.8 Å². The molecule has 2 heteroatoms. The van der Waals surface area contributed by atoms with Gasteiger partial charge in [-0.15, -0.1) is 11.3 Å². The van der Waals surface area contributed by atoms with Crippen LogP contribution in [0.2, 0.25) is 0 Å². The SMILES string of the molecule is CCc1ccc(C(NC)C23CC4CC(CC(C)(C4)C2)C3)s1. The Balaban J connectivity index is 1.69. The summed E-state index contributed by atoms with van der Waals surface area (Å²) in [6, 6.07) is 5.35. The predicted octanol–water partition coefficient (Wildman–Crippen LogP) is 5.18. The summed E-state index contributed by atoms with van der Waals surface area (Å²) in [4.78, 5) is 3.14. The molecule has 116 valence electrons. The number of thiophene rings is 1. The molecule has 0 amide bonds. The third-order valence-electron chi connectivity index (χ3n) is 6.62. The maximum Gasteiger partial charge on any atom is 0.0470 e. The fourth-order valence-electron chi connectivity index (χ4n) is 6.63. The third-order valence-corrected chi connectivity index (χ3v) is 7.91. The largest absolute Gasteiger partial charge is 0.312 e. The molecule has 4 fully saturated rings. The Labute approximate surface area is 133 Å². The van der Waals surface area contributed by atoms with E-state index in [9.17, 15) is 0 Å². The lowest BCUT2D eigenvalue weighted by Gasteiger charge is -2.63. The molecule has 1 aromatic heterocycles.